The van der Waals surface area contributed by atoms with Gasteiger partial charge >= 0.3 is 0 Å². The molecule has 3 nitrogen and oxygen atoms in total. The zero-order chi connectivity index (χ0) is 16.9. The molecule has 3 aromatic rings. The molecule has 3 aromatic carbocycles. The van der Waals surface area contributed by atoms with Gasteiger partial charge in [-0.3, -0.25) is 0 Å². The molecule has 0 saturated heterocycles. The number of benzene rings is 3. The van der Waals surface area contributed by atoms with Gasteiger partial charge in [0.05, 0.1) is 5.56 Å². The van der Waals surface area contributed by atoms with Crippen LogP contribution in [-0.4, -0.2) is 0 Å². The third kappa shape index (κ3) is 3.10. The van der Waals surface area contributed by atoms with E-state index in [9.17, 15) is 10.5 Å². The van der Waals surface area contributed by atoms with Crippen LogP contribution in [0.4, 0.5) is 0 Å². The van der Waals surface area contributed by atoms with Crippen molar-refractivity contribution >= 4 is 12.6 Å². The number of hydrogen-bond acceptors (Lipinski definition) is 4. The van der Waals surface area contributed by atoms with Gasteiger partial charge in [0.15, 0.2) is 5.75 Å². The SMILES string of the molecule is N#Cc1ccc(-c2cccc(S)c2)c(Oc2ccccc2)c1C#N. The van der Waals surface area contributed by atoms with Gasteiger partial charge < -0.3 is 4.74 Å². The van der Waals surface area contributed by atoms with Gasteiger partial charge in [-0.2, -0.15) is 10.5 Å². The van der Waals surface area contributed by atoms with Crippen molar-refractivity contribution in [3.05, 3.63) is 77.9 Å². The molecule has 0 aromatic heterocycles. The van der Waals surface area contributed by atoms with E-state index in [4.69, 9.17) is 4.74 Å². The quantitative estimate of drug-likeness (QED) is 0.674. The molecular weight excluding hydrogens is 316 g/mol. The standard InChI is InChI=1S/C20H12N2OS/c21-12-15-9-10-18(14-5-4-8-17(24)11-14)20(19(15)13-22)23-16-6-2-1-3-7-16/h1-11,24H. The molecule has 24 heavy (non-hydrogen) atoms. The van der Waals surface area contributed by atoms with Gasteiger partial charge in [0.1, 0.15) is 23.5 Å². The van der Waals surface area contributed by atoms with Gasteiger partial charge in [-0.15, -0.1) is 12.6 Å². The minimum Gasteiger partial charge on any atom is -0.455 e. The van der Waals surface area contributed by atoms with Crippen LogP contribution < -0.4 is 4.74 Å². The second kappa shape index (κ2) is 6.91. The molecule has 0 N–H and O–H groups in total. The molecule has 0 spiro atoms. The van der Waals surface area contributed by atoms with Gasteiger partial charge in [-0.25, -0.2) is 0 Å². The van der Waals surface area contributed by atoms with E-state index in [0.717, 1.165) is 16.0 Å². The topological polar surface area (TPSA) is 56.8 Å². The Balaban J connectivity index is 2.22. The fraction of sp³-hybridized carbons (Fsp3) is 0. The lowest BCUT2D eigenvalue weighted by molar-refractivity contribution is 0.482. The highest BCUT2D eigenvalue weighted by Crippen LogP contribution is 2.38. The fourth-order valence-electron chi connectivity index (χ4n) is 2.40. The molecule has 0 atom stereocenters. The molecule has 0 aliphatic rings. The van der Waals surface area contributed by atoms with Crippen molar-refractivity contribution in [1.82, 2.24) is 0 Å². The molecular formula is C20H12N2OS. The monoisotopic (exact) mass is 328 g/mol. The highest BCUT2D eigenvalue weighted by Gasteiger charge is 2.17. The van der Waals surface area contributed by atoms with Crippen LogP contribution in [0.1, 0.15) is 11.1 Å². The summed E-state index contributed by atoms with van der Waals surface area (Å²) in [4.78, 5) is 0.807. The first-order chi connectivity index (χ1) is 11.7. The average molecular weight is 328 g/mol. The molecule has 0 unspecified atom stereocenters. The largest absolute Gasteiger partial charge is 0.455 e. The minimum absolute atomic E-state index is 0.225. The van der Waals surface area contributed by atoms with Crippen LogP contribution in [0.2, 0.25) is 0 Å². The Labute approximate surface area is 145 Å². The Bertz CT molecular complexity index is 969. The van der Waals surface area contributed by atoms with Crippen molar-refractivity contribution in [2.45, 2.75) is 4.90 Å². The molecule has 0 radical (unpaired) electrons. The van der Waals surface area contributed by atoms with Crippen LogP contribution in [0.25, 0.3) is 11.1 Å². The van der Waals surface area contributed by atoms with Gasteiger partial charge in [0.2, 0.25) is 0 Å². The molecule has 0 heterocycles. The number of para-hydroxylation sites is 1. The minimum atomic E-state index is 0.225. The number of hydrogen-bond donors (Lipinski definition) is 1. The first kappa shape index (κ1) is 15.7. The maximum atomic E-state index is 9.54. The molecule has 0 aliphatic carbocycles. The highest BCUT2D eigenvalue weighted by molar-refractivity contribution is 7.80. The Kier molecular flexibility index (Phi) is 4.52. The Morgan fingerprint density at radius 3 is 2.29 bits per heavy atom. The Morgan fingerprint density at radius 2 is 1.62 bits per heavy atom. The second-order valence-electron chi connectivity index (χ2n) is 5.05. The summed E-state index contributed by atoms with van der Waals surface area (Å²) in [5, 5.41) is 18.8. The second-order valence-corrected chi connectivity index (χ2v) is 5.57. The summed E-state index contributed by atoms with van der Waals surface area (Å²) in [5.74, 6) is 0.981. The van der Waals surface area contributed by atoms with E-state index in [-0.39, 0.29) is 11.1 Å². The van der Waals surface area contributed by atoms with Crippen LogP contribution in [0.5, 0.6) is 11.5 Å². The van der Waals surface area contributed by atoms with Crippen molar-refractivity contribution in [3.63, 3.8) is 0 Å². The van der Waals surface area contributed by atoms with Gasteiger partial charge in [-0.1, -0.05) is 30.3 Å². The summed E-state index contributed by atoms with van der Waals surface area (Å²) in [5.41, 5.74) is 2.12. The third-order valence-corrected chi connectivity index (χ3v) is 3.79. The summed E-state index contributed by atoms with van der Waals surface area (Å²) in [7, 11) is 0. The molecule has 0 bridgehead atoms. The molecule has 0 aliphatic heterocycles. The maximum Gasteiger partial charge on any atom is 0.154 e. The molecule has 0 amide bonds. The summed E-state index contributed by atoms with van der Waals surface area (Å²) in [6.45, 7) is 0. The first-order valence-electron chi connectivity index (χ1n) is 7.22. The lowest BCUT2D eigenvalue weighted by Crippen LogP contribution is -1.95. The summed E-state index contributed by atoms with van der Waals surface area (Å²) in [6.07, 6.45) is 0. The van der Waals surface area contributed by atoms with Crippen LogP contribution in [-0.2, 0) is 0 Å². The predicted molar refractivity (Wildman–Crippen MR) is 95.1 cm³/mol. The molecule has 3 rings (SSSR count). The van der Waals surface area contributed by atoms with E-state index in [1.165, 1.54) is 0 Å². The van der Waals surface area contributed by atoms with Gasteiger partial charge in [0, 0.05) is 10.5 Å². The zero-order valence-corrected chi connectivity index (χ0v) is 13.5. The normalized spacial score (nSPS) is 9.79. The zero-order valence-electron chi connectivity index (χ0n) is 12.6. The Hall–Kier alpha value is -3.21. The van der Waals surface area contributed by atoms with E-state index in [1.807, 2.05) is 48.5 Å². The van der Waals surface area contributed by atoms with Gasteiger partial charge in [0.25, 0.3) is 0 Å². The number of rotatable bonds is 3. The molecule has 114 valence electrons. The van der Waals surface area contributed by atoms with Gasteiger partial charge in [-0.05, 0) is 42.0 Å². The lowest BCUT2D eigenvalue weighted by Gasteiger charge is -2.14. The smallest absolute Gasteiger partial charge is 0.154 e. The highest BCUT2D eigenvalue weighted by atomic mass is 32.1. The van der Waals surface area contributed by atoms with Crippen LogP contribution >= 0.6 is 12.6 Å². The summed E-state index contributed by atoms with van der Waals surface area (Å²) >= 11 is 4.37. The number of nitrogens with zero attached hydrogens (tertiary/aromatic N) is 2. The first-order valence-corrected chi connectivity index (χ1v) is 7.67. The van der Waals surface area contributed by atoms with Crippen molar-refractivity contribution < 1.29 is 4.74 Å². The molecule has 0 saturated carbocycles. The van der Waals surface area contributed by atoms with Crippen molar-refractivity contribution in [2.75, 3.05) is 0 Å². The average Bonchev–Trinajstić information content (AvgIpc) is 2.62. The predicted octanol–water partition coefficient (Wildman–Crippen LogP) is 5.18. The molecule has 4 heteroatoms. The van der Waals surface area contributed by atoms with Crippen LogP contribution in [0.15, 0.2) is 71.6 Å². The maximum absolute atomic E-state index is 9.54. The summed E-state index contributed by atoms with van der Waals surface area (Å²) < 4.78 is 5.97. The van der Waals surface area contributed by atoms with Crippen LogP contribution in [0.3, 0.4) is 0 Å². The van der Waals surface area contributed by atoms with E-state index < -0.39 is 0 Å². The molecule has 0 fully saturated rings. The van der Waals surface area contributed by atoms with Crippen LogP contribution in [0, 0.1) is 22.7 Å². The van der Waals surface area contributed by atoms with E-state index in [1.54, 1.807) is 24.3 Å². The van der Waals surface area contributed by atoms with E-state index in [2.05, 4.69) is 18.7 Å². The fourth-order valence-corrected chi connectivity index (χ4v) is 2.63. The number of ether oxygens (including phenoxy) is 1. The van der Waals surface area contributed by atoms with Crippen molar-refractivity contribution in [1.29, 1.82) is 10.5 Å². The van der Waals surface area contributed by atoms with Crippen molar-refractivity contribution in [2.24, 2.45) is 0 Å². The number of thiol groups is 1. The van der Waals surface area contributed by atoms with Crippen molar-refractivity contribution in [3.8, 4) is 34.8 Å². The Morgan fingerprint density at radius 1 is 0.833 bits per heavy atom. The van der Waals surface area contributed by atoms with E-state index in [0.29, 0.717) is 11.5 Å². The number of nitriles is 2. The summed E-state index contributed by atoms with van der Waals surface area (Å²) in [6, 6.07) is 24.3. The third-order valence-electron chi connectivity index (χ3n) is 3.51. The van der Waals surface area contributed by atoms with E-state index >= 15 is 0 Å². The lowest BCUT2D eigenvalue weighted by atomic mass is 9.98.